The van der Waals surface area contributed by atoms with Crippen molar-refractivity contribution in [1.82, 2.24) is 4.90 Å². The number of carbonyl (C=O) groups excluding carboxylic acids is 2. The van der Waals surface area contributed by atoms with Gasteiger partial charge >= 0.3 is 5.97 Å². The fourth-order valence-electron chi connectivity index (χ4n) is 2.35. The van der Waals surface area contributed by atoms with Crippen LogP contribution < -0.4 is 0 Å². The molecule has 2 rings (SSSR count). The van der Waals surface area contributed by atoms with Gasteiger partial charge in [-0.25, -0.2) is 4.79 Å². The molecule has 106 valence electrons. The predicted octanol–water partition coefficient (Wildman–Crippen LogP) is 1.69. The van der Waals surface area contributed by atoms with Crippen molar-refractivity contribution in [3.63, 3.8) is 0 Å². The van der Waals surface area contributed by atoms with E-state index < -0.39 is 12.0 Å². The summed E-state index contributed by atoms with van der Waals surface area (Å²) >= 11 is 1.10. The summed E-state index contributed by atoms with van der Waals surface area (Å²) in [6, 6.07) is 7.68. The van der Waals surface area contributed by atoms with Crippen LogP contribution in [0.3, 0.4) is 0 Å². The van der Waals surface area contributed by atoms with Crippen molar-refractivity contribution in [3.05, 3.63) is 35.9 Å². The summed E-state index contributed by atoms with van der Waals surface area (Å²) in [5, 5.41) is 9.18. The molecule has 1 aromatic carbocycles. The largest absolute Gasteiger partial charge is 0.479 e. The molecule has 1 aliphatic rings. The molecule has 1 saturated heterocycles. The van der Waals surface area contributed by atoms with Gasteiger partial charge in [0.25, 0.3) is 0 Å². The number of carboxylic acid groups (broad SMARTS) is 1. The summed E-state index contributed by atoms with van der Waals surface area (Å²) < 4.78 is 0. The van der Waals surface area contributed by atoms with Crippen molar-refractivity contribution < 1.29 is 19.5 Å². The van der Waals surface area contributed by atoms with Gasteiger partial charge in [0.15, 0.2) is 11.2 Å². The number of aliphatic carboxylic acids is 1. The van der Waals surface area contributed by atoms with E-state index in [1.165, 1.54) is 11.8 Å². The second-order valence-corrected chi connectivity index (χ2v) is 6.11. The number of likely N-dealkylation sites (tertiary alicyclic amines) is 1. The molecule has 0 aromatic heterocycles. The van der Waals surface area contributed by atoms with E-state index in [1.54, 1.807) is 30.3 Å². The zero-order valence-corrected chi connectivity index (χ0v) is 11.8. The minimum atomic E-state index is -1.06. The molecule has 1 aromatic rings. The van der Waals surface area contributed by atoms with Gasteiger partial charge in [-0.15, -0.1) is 0 Å². The molecule has 6 heteroatoms. The van der Waals surface area contributed by atoms with Crippen molar-refractivity contribution in [2.45, 2.75) is 24.6 Å². The standard InChI is InChI=1S/C14H15NO4S/c1-9(16)20-11-7-12(17)15(8-11)13(14(18)19)10-5-3-2-4-6-10/h2-6,11,13H,7-8H2,1H3,(H,18,19). The van der Waals surface area contributed by atoms with E-state index in [-0.39, 0.29) is 29.2 Å². The first kappa shape index (κ1) is 14.6. The Morgan fingerprint density at radius 2 is 2.00 bits per heavy atom. The molecule has 1 fully saturated rings. The lowest BCUT2D eigenvalue weighted by atomic mass is 10.1. The minimum absolute atomic E-state index is 0.0590. The molecule has 1 amide bonds. The van der Waals surface area contributed by atoms with Gasteiger partial charge in [-0.3, -0.25) is 9.59 Å². The number of carbonyl (C=O) groups is 3. The first-order valence-corrected chi connectivity index (χ1v) is 7.11. The lowest BCUT2D eigenvalue weighted by molar-refractivity contribution is -0.148. The Labute approximate surface area is 121 Å². The number of hydrogen-bond donors (Lipinski definition) is 1. The van der Waals surface area contributed by atoms with Gasteiger partial charge in [-0.1, -0.05) is 42.1 Å². The quantitative estimate of drug-likeness (QED) is 0.914. The average Bonchev–Trinajstić information content (AvgIpc) is 2.70. The highest BCUT2D eigenvalue weighted by molar-refractivity contribution is 8.14. The molecule has 2 unspecified atom stereocenters. The second kappa shape index (κ2) is 6.09. The average molecular weight is 293 g/mol. The molecular weight excluding hydrogens is 278 g/mol. The number of benzene rings is 1. The fourth-order valence-corrected chi connectivity index (χ4v) is 3.28. The van der Waals surface area contributed by atoms with Gasteiger partial charge in [0.1, 0.15) is 0 Å². The second-order valence-electron chi connectivity index (χ2n) is 4.63. The van der Waals surface area contributed by atoms with E-state index in [0.29, 0.717) is 5.56 Å². The van der Waals surface area contributed by atoms with Crippen molar-refractivity contribution in [3.8, 4) is 0 Å². The van der Waals surface area contributed by atoms with E-state index >= 15 is 0 Å². The molecule has 0 spiro atoms. The molecule has 0 radical (unpaired) electrons. The number of hydrogen-bond acceptors (Lipinski definition) is 4. The van der Waals surface area contributed by atoms with Crippen molar-refractivity contribution in [2.24, 2.45) is 0 Å². The van der Waals surface area contributed by atoms with Crippen LogP contribution in [0.25, 0.3) is 0 Å². The summed E-state index contributed by atoms with van der Waals surface area (Å²) in [5.41, 5.74) is 0.571. The Balaban J connectivity index is 2.21. The van der Waals surface area contributed by atoms with Gasteiger partial charge in [0, 0.05) is 25.1 Å². The molecule has 20 heavy (non-hydrogen) atoms. The monoisotopic (exact) mass is 293 g/mol. The van der Waals surface area contributed by atoms with Crippen LogP contribution in [-0.2, 0) is 14.4 Å². The van der Waals surface area contributed by atoms with E-state index in [2.05, 4.69) is 0 Å². The van der Waals surface area contributed by atoms with E-state index in [9.17, 15) is 19.5 Å². The highest BCUT2D eigenvalue weighted by Gasteiger charge is 2.39. The Morgan fingerprint density at radius 3 is 2.55 bits per heavy atom. The van der Waals surface area contributed by atoms with Crippen LogP contribution in [0.1, 0.15) is 24.9 Å². The fraction of sp³-hybridized carbons (Fsp3) is 0.357. The molecule has 0 bridgehead atoms. The summed E-state index contributed by atoms with van der Waals surface area (Å²) in [6.07, 6.45) is 0.209. The zero-order chi connectivity index (χ0) is 14.7. The molecule has 5 nitrogen and oxygen atoms in total. The smallest absolute Gasteiger partial charge is 0.331 e. The highest BCUT2D eigenvalue weighted by Crippen LogP contribution is 2.31. The Bertz CT molecular complexity index is 531. The van der Waals surface area contributed by atoms with E-state index in [1.807, 2.05) is 0 Å². The van der Waals surface area contributed by atoms with Crippen LogP contribution in [0.5, 0.6) is 0 Å². The SMILES string of the molecule is CC(=O)SC1CC(=O)N(C(C(=O)O)c2ccccc2)C1. The molecule has 0 saturated carbocycles. The Hall–Kier alpha value is -1.82. The number of carboxylic acids is 1. The molecular formula is C14H15NO4S. The van der Waals surface area contributed by atoms with Crippen LogP contribution in [0, 0.1) is 0 Å². The zero-order valence-electron chi connectivity index (χ0n) is 11.0. The van der Waals surface area contributed by atoms with Crippen LogP contribution in [-0.4, -0.2) is 38.8 Å². The normalized spacial score (nSPS) is 19.9. The predicted molar refractivity (Wildman–Crippen MR) is 75.2 cm³/mol. The summed E-state index contributed by atoms with van der Waals surface area (Å²) in [5.74, 6) is -1.28. The van der Waals surface area contributed by atoms with Crippen molar-refractivity contribution >= 4 is 28.8 Å². The van der Waals surface area contributed by atoms with Crippen molar-refractivity contribution in [1.29, 1.82) is 0 Å². The molecule has 1 heterocycles. The maximum atomic E-state index is 12.0. The minimum Gasteiger partial charge on any atom is -0.479 e. The Morgan fingerprint density at radius 1 is 1.35 bits per heavy atom. The lowest BCUT2D eigenvalue weighted by Crippen LogP contribution is -2.35. The first-order valence-electron chi connectivity index (χ1n) is 6.23. The Kier molecular flexibility index (Phi) is 4.44. The van der Waals surface area contributed by atoms with Gasteiger partial charge in [-0.2, -0.15) is 0 Å². The van der Waals surface area contributed by atoms with E-state index in [4.69, 9.17) is 0 Å². The van der Waals surface area contributed by atoms with E-state index in [0.717, 1.165) is 11.8 Å². The molecule has 2 atom stereocenters. The maximum Gasteiger partial charge on any atom is 0.331 e. The third-order valence-electron chi connectivity index (χ3n) is 3.12. The topological polar surface area (TPSA) is 74.7 Å². The number of amides is 1. The third kappa shape index (κ3) is 3.19. The number of rotatable bonds is 4. The molecule has 1 N–H and O–H groups in total. The van der Waals surface area contributed by atoms with Crippen LogP contribution >= 0.6 is 11.8 Å². The van der Waals surface area contributed by atoms with Crippen LogP contribution in [0.2, 0.25) is 0 Å². The van der Waals surface area contributed by atoms with Crippen LogP contribution in [0.4, 0.5) is 0 Å². The van der Waals surface area contributed by atoms with Gasteiger partial charge < -0.3 is 10.0 Å². The van der Waals surface area contributed by atoms with Gasteiger partial charge in [0.05, 0.1) is 0 Å². The summed E-state index contributed by atoms with van der Waals surface area (Å²) in [4.78, 5) is 36.0. The molecule has 0 aliphatic carbocycles. The summed E-state index contributed by atoms with van der Waals surface area (Å²) in [6.45, 7) is 1.73. The summed E-state index contributed by atoms with van der Waals surface area (Å²) in [7, 11) is 0. The molecule has 1 aliphatic heterocycles. The van der Waals surface area contributed by atoms with Crippen molar-refractivity contribution in [2.75, 3.05) is 6.54 Å². The lowest BCUT2D eigenvalue weighted by Gasteiger charge is -2.24. The third-order valence-corrected chi connectivity index (χ3v) is 4.10. The van der Waals surface area contributed by atoms with Gasteiger partial charge in [0.2, 0.25) is 5.91 Å². The maximum absolute atomic E-state index is 12.0. The highest BCUT2D eigenvalue weighted by atomic mass is 32.2. The first-order chi connectivity index (χ1) is 9.49. The van der Waals surface area contributed by atoms with Crippen LogP contribution in [0.15, 0.2) is 30.3 Å². The number of nitrogens with zero attached hydrogens (tertiary/aromatic N) is 1. The number of thioether (sulfide) groups is 1. The van der Waals surface area contributed by atoms with Gasteiger partial charge in [-0.05, 0) is 5.56 Å².